The third-order valence-corrected chi connectivity index (χ3v) is 4.67. The molecule has 0 saturated carbocycles. The van der Waals surface area contributed by atoms with Crippen LogP contribution in [0.15, 0.2) is 48.5 Å². The molecule has 2 aromatic rings. The average molecular weight is 367 g/mol. The number of para-hydroxylation sites is 3. The van der Waals surface area contributed by atoms with Gasteiger partial charge in [0.15, 0.2) is 11.5 Å². The number of ether oxygens (including phenoxy) is 2. The van der Waals surface area contributed by atoms with Crippen molar-refractivity contribution in [3.05, 3.63) is 54.1 Å². The number of nitrogens with zero attached hydrogens (tertiary/aromatic N) is 1. The summed E-state index contributed by atoms with van der Waals surface area (Å²) < 4.78 is 10.8. The summed E-state index contributed by atoms with van der Waals surface area (Å²) in [6.07, 6.45) is 0. The Balaban J connectivity index is 1.52. The smallest absolute Gasteiger partial charge is 0.325 e. The molecular formula is C19H17N3O5. The highest BCUT2D eigenvalue weighted by molar-refractivity contribution is 6.26. The molecule has 2 aliphatic rings. The van der Waals surface area contributed by atoms with Crippen LogP contribution >= 0.6 is 0 Å². The van der Waals surface area contributed by atoms with Gasteiger partial charge >= 0.3 is 6.03 Å². The average Bonchev–Trinajstić information content (AvgIpc) is 3.11. The van der Waals surface area contributed by atoms with Gasteiger partial charge in [0.25, 0.3) is 11.8 Å². The van der Waals surface area contributed by atoms with Crippen LogP contribution in [0.5, 0.6) is 11.5 Å². The lowest BCUT2D eigenvalue weighted by atomic mass is 9.91. The third kappa shape index (κ3) is 2.49. The number of methoxy groups -OCH3 is 1. The van der Waals surface area contributed by atoms with Crippen molar-refractivity contribution >= 4 is 23.5 Å². The normalized spacial score (nSPS) is 20.5. The first-order valence-electron chi connectivity index (χ1n) is 8.39. The van der Waals surface area contributed by atoms with Crippen LogP contribution in [0.1, 0.15) is 5.56 Å². The number of urea groups is 1. The van der Waals surface area contributed by atoms with Gasteiger partial charge in [0.1, 0.15) is 6.61 Å². The minimum absolute atomic E-state index is 0.0000872. The summed E-state index contributed by atoms with van der Waals surface area (Å²) in [5.41, 5.74) is -0.747. The summed E-state index contributed by atoms with van der Waals surface area (Å²) in [6.45, 7) is 0.0682. The first-order chi connectivity index (χ1) is 13.1. The van der Waals surface area contributed by atoms with E-state index in [9.17, 15) is 14.4 Å². The number of anilines is 1. The molecule has 2 aromatic carbocycles. The lowest BCUT2D eigenvalue weighted by Gasteiger charge is -2.19. The van der Waals surface area contributed by atoms with Crippen molar-refractivity contribution in [2.24, 2.45) is 0 Å². The van der Waals surface area contributed by atoms with Gasteiger partial charge in [0, 0.05) is 11.3 Å². The van der Waals surface area contributed by atoms with Gasteiger partial charge in [0.2, 0.25) is 5.54 Å². The molecule has 0 radical (unpaired) electrons. The van der Waals surface area contributed by atoms with Crippen LogP contribution in [-0.4, -0.2) is 43.0 Å². The first-order valence-corrected chi connectivity index (χ1v) is 8.39. The zero-order valence-electron chi connectivity index (χ0n) is 14.5. The van der Waals surface area contributed by atoms with E-state index in [1.807, 2.05) is 6.07 Å². The molecule has 2 aliphatic heterocycles. The van der Waals surface area contributed by atoms with Crippen molar-refractivity contribution in [2.75, 3.05) is 25.6 Å². The molecule has 1 fully saturated rings. The molecule has 1 saturated heterocycles. The van der Waals surface area contributed by atoms with Crippen LogP contribution in [0.2, 0.25) is 0 Å². The number of imide groups is 1. The highest BCUT2D eigenvalue weighted by atomic mass is 16.5. The number of carbonyl (C=O) groups is 3. The molecule has 2 N–H and O–H groups in total. The molecule has 8 nitrogen and oxygen atoms in total. The second-order valence-electron chi connectivity index (χ2n) is 6.14. The van der Waals surface area contributed by atoms with Gasteiger partial charge in [-0.2, -0.15) is 0 Å². The van der Waals surface area contributed by atoms with Crippen molar-refractivity contribution < 1.29 is 23.9 Å². The number of hydrogen-bond donors (Lipinski definition) is 2. The largest absolute Gasteiger partial charge is 0.493 e. The lowest BCUT2D eigenvalue weighted by molar-refractivity contribution is -0.137. The van der Waals surface area contributed by atoms with Gasteiger partial charge in [-0.15, -0.1) is 0 Å². The van der Waals surface area contributed by atoms with Gasteiger partial charge in [-0.25, -0.2) is 4.79 Å². The van der Waals surface area contributed by atoms with E-state index in [0.29, 0.717) is 22.7 Å². The fourth-order valence-corrected chi connectivity index (χ4v) is 3.36. The van der Waals surface area contributed by atoms with E-state index in [0.717, 1.165) is 4.90 Å². The Morgan fingerprint density at radius 3 is 2.48 bits per heavy atom. The zero-order chi connectivity index (χ0) is 19.0. The van der Waals surface area contributed by atoms with Crippen molar-refractivity contribution in [2.45, 2.75) is 5.54 Å². The number of carbonyl (C=O) groups excluding carboxylic acids is 3. The van der Waals surface area contributed by atoms with Crippen LogP contribution in [0, 0.1) is 0 Å². The number of fused-ring (bicyclic) bond motifs is 2. The molecule has 0 aromatic heterocycles. The van der Waals surface area contributed by atoms with E-state index in [2.05, 4.69) is 10.6 Å². The Bertz CT molecular complexity index is 944. The fraction of sp³-hybridized carbons (Fsp3) is 0.211. The van der Waals surface area contributed by atoms with Gasteiger partial charge in [0.05, 0.1) is 13.7 Å². The maximum atomic E-state index is 13.0. The van der Waals surface area contributed by atoms with E-state index in [-0.39, 0.29) is 13.2 Å². The van der Waals surface area contributed by atoms with Crippen molar-refractivity contribution in [1.82, 2.24) is 10.2 Å². The van der Waals surface area contributed by atoms with E-state index in [1.165, 1.54) is 7.11 Å². The maximum absolute atomic E-state index is 13.0. The Morgan fingerprint density at radius 1 is 1.00 bits per heavy atom. The maximum Gasteiger partial charge on any atom is 0.325 e. The Morgan fingerprint density at radius 2 is 1.70 bits per heavy atom. The number of rotatable bonds is 5. The molecule has 0 aliphatic carbocycles. The minimum atomic E-state index is -1.71. The summed E-state index contributed by atoms with van der Waals surface area (Å²) in [6, 6.07) is 13.3. The Kier molecular flexibility index (Phi) is 3.95. The van der Waals surface area contributed by atoms with Gasteiger partial charge < -0.3 is 20.1 Å². The van der Waals surface area contributed by atoms with Gasteiger partial charge in [-0.1, -0.05) is 30.3 Å². The molecule has 138 valence electrons. The van der Waals surface area contributed by atoms with E-state index in [4.69, 9.17) is 9.47 Å². The standard InChI is InChI=1S/C19H17N3O5/c1-26-14-8-4-5-9-15(14)27-11-10-22-17(24)19(21-18(22)25)12-6-2-3-7-13(12)20-16(19)23/h2-9H,10-11H2,1H3,(H,20,23)(H,21,25)/t19-/m1/s1. The molecule has 1 atom stereocenters. The number of hydrogen-bond acceptors (Lipinski definition) is 5. The second-order valence-corrected chi connectivity index (χ2v) is 6.14. The fourth-order valence-electron chi connectivity index (χ4n) is 3.36. The SMILES string of the molecule is COc1ccccc1OCCN1C(=O)N[C@]2(C(=O)Nc3ccccc32)C1=O. The number of benzene rings is 2. The van der Waals surface area contributed by atoms with Crippen LogP contribution in [-0.2, 0) is 15.1 Å². The number of nitrogens with one attached hydrogen (secondary N) is 2. The highest BCUT2D eigenvalue weighted by Crippen LogP contribution is 2.40. The summed E-state index contributed by atoms with van der Waals surface area (Å²) in [7, 11) is 1.53. The summed E-state index contributed by atoms with van der Waals surface area (Å²) in [5.74, 6) is -0.116. The summed E-state index contributed by atoms with van der Waals surface area (Å²) >= 11 is 0. The Hall–Kier alpha value is -3.55. The van der Waals surface area contributed by atoms with Crippen molar-refractivity contribution in [1.29, 1.82) is 0 Å². The van der Waals surface area contributed by atoms with Gasteiger partial charge in [-0.05, 0) is 18.2 Å². The quantitative estimate of drug-likeness (QED) is 0.616. The highest BCUT2D eigenvalue weighted by Gasteiger charge is 2.61. The topological polar surface area (TPSA) is 97.0 Å². The van der Waals surface area contributed by atoms with E-state index in [1.54, 1.807) is 42.5 Å². The first kappa shape index (κ1) is 16.9. The Labute approximate surface area is 155 Å². The van der Waals surface area contributed by atoms with Crippen LogP contribution < -0.4 is 20.1 Å². The van der Waals surface area contributed by atoms with Crippen LogP contribution in [0.25, 0.3) is 0 Å². The minimum Gasteiger partial charge on any atom is -0.493 e. The monoisotopic (exact) mass is 367 g/mol. The number of amides is 4. The molecule has 4 rings (SSSR count). The molecule has 27 heavy (non-hydrogen) atoms. The second kappa shape index (κ2) is 6.31. The lowest BCUT2D eigenvalue weighted by Crippen LogP contribution is -2.49. The predicted molar refractivity (Wildman–Crippen MR) is 95.5 cm³/mol. The molecule has 8 heteroatoms. The molecule has 1 spiro atoms. The van der Waals surface area contributed by atoms with E-state index >= 15 is 0 Å². The summed E-state index contributed by atoms with van der Waals surface area (Å²) in [4.78, 5) is 38.9. The van der Waals surface area contributed by atoms with Crippen LogP contribution in [0.4, 0.5) is 10.5 Å². The summed E-state index contributed by atoms with van der Waals surface area (Å²) in [5, 5.41) is 5.20. The zero-order valence-corrected chi connectivity index (χ0v) is 14.5. The predicted octanol–water partition coefficient (Wildman–Crippen LogP) is 1.47. The van der Waals surface area contributed by atoms with Crippen LogP contribution in [0.3, 0.4) is 0 Å². The molecule has 0 bridgehead atoms. The van der Waals surface area contributed by atoms with Gasteiger partial charge in [-0.3, -0.25) is 14.5 Å². The van der Waals surface area contributed by atoms with E-state index < -0.39 is 23.4 Å². The molecule has 2 heterocycles. The molecular weight excluding hydrogens is 350 g/mol. The molecule has 0 unspecified atom stereocenters. The van der Waals surface area contributed by atoms with Crippen molar-refractivity contribution in [3.8, 4) is 11.5 Å². The van der Waals surface area contributed by atoms with Crippen molar-refractivity contribution in [3.63, 3.8) is 0 Å². The third-order valence-electron chi connectivity index (χ3n) is 4.67. The molecule has 4 amide bonds.